The molecule has 4 heterocycles. The summed E-state index contributed by atoms with van der Waals surface area (Å²) >= 11 is 0. The Balaban J connectivity index is 1.72. The van der Waals surface area contributed by atoms with Crippen LogP contribution in [0.4, 0.5) is 0 Å². The molecule has 1 saturated heterocycles. The zero-order chi connectivity index (χ0) is 20.7. The summed E-state index contributed by atoms with van der Waals surface area (Å²) in [7, 11) is 0. The van der Waals surface area contributed by atoms with Crippen molar-refractivity contribution < 1.29 is 9.53 Å². The van der Waals surface area contributed by atoms with Gasteiger partial charge >= 0.3 is 0 Å². The Morgan fingerprint density at radius 3 is 2.90 bits per heavy atom. The molecular formula is C24H26N4O2. The summed E-state index contributed by atoms with van der Waals surface area (Å²) in [6, 6.07) is 6.63. The van der Waals surface area contributed by atoms with Crippen LogP contribution in [-0.2, 0) is 22.5 Å². The number of ether oxygens (including phenoxy) is 1. The molecule has 0 aliphatic carbocycles. The minimum atomic E-state index is 0.108. The van der Waals surface area contributed by atoms with Gasteiger partial charge in [0.15, 0.2) is 0 Å². The van der Waals surface area contributed by atoms with Crippen molar-refractivity contribution in [2.75, 3.05) is 19.8 Å². The molecule has 2 aromatic heterocycles. The Bertz CT molecular complexity index is 1130. The second-order valence-corrected chi connectivity index (χ2v) is 8.12. The topological polar surface area (TPSA) is 60.2 Å². The number of pyridine rings is 1. The predicted octanol–water partition coefficient (Wildman–Crippen LogP) is 4.00. The van der Waals surface area contributed by atoms with E-state index in [9.17, 15) is 4.79 Å². The van der Waals surface area contributed by atoms with Gasteiger partial charge in [0.1, 0.15) is 0 Å². The van der Waals surface area contributed by atoms with E-state index in [0.29, 0.717) is 12.6 Å². The Hall–Kier alpha value is -2.99. The van der Waals surface area contributed by atoms with Crippen molar-refractivity contribution in [1.82, 2.24) is 19.7 Å². The number of nitrogens with zero attached hydrogens (tertiary/aromatic N) is 4. The fourth-order valence-corrected chi connectivity index (χ4v) is 4.70. The molecule has 6 nitrogen and oxygen atoms in total. The molecule has 2 aliphatic heterocycles. The fraction of sp³-hybridized carbons (Fsp3) is 0.375. The van der Waals surface area contributed by atoms with Gasteiger partial charge in [-0.1, -0.05) is 12.7 Å². The number of hydrogen-bond acceptors (Lipinski definition) is 4. The molecule has 0 unspecified atom stereocenters. The highest BCUT2D eigenvalue weighted by Gasteiger charge is 2.30. The zero-order valence-corrected chi connectivity index (χ0v) is 17.3. The van der Waals surface area contributed by atoms with Gasteiger partial charge in [-0.3, -0.25) is 14.5 Å². The molecule has 1 aromatic carbocycles. The number of amides is 1. The molecule has 30 heavy (non-hydrogen) atoms. The third-order valence-electron chi connectivity index (χ3n) is 6.34. The molecule has 3 aromatic rings. The fourth-order valence-electron chi connectivity index (χ4n) is 4.70. The minimum Gasteiger partial charge on any atom is -0.381 e. The summed E-state index contributed by atoms with van der Waals surface area (Å²) in [6.07, 6.45) is 8.36. The molecule has 2 aliphatic rings. The molecule has 1 fully saturated rings. The Labute approximate surface area is 176 Å². The number of benzene rings is 1. The smallest absolute Gasteiger partial charge is 0.219 e. The van der Waals surface area contributed by atoms with Crippen LogP contribution in [0.3, 0.4) is 0 Å². The quantitative estimate of drug-likeness (QED) is 0.664. The highest BCUT2D eigenvalue weighted by molar-refractivity contribution is 5.97. The van der Waals surface area contributed by atoms with Crippen LogP contribution in [0.2, 0.25) is 0 Å². The Morgan fingerprint density at radius 1 is 1.30 bits per heavy atom. The highest BCUT2D eigenvalue weighted by atomic mass is 16.5. The van der Waals surface area contributed by atoms with Crippen LogP contribution >= 0.6 is 0 Å². The molecule has 0 spiro atoms. The van der Waals surface area contributed by atoms with Crippen LogP contribution in [0.1, 0.15) is 42.6 Å². The number of fused-ring (bicyclic) bond motifs is 2. The minimum absolute atomic E-state index is 0.108. The molecule has 0 radical (unpaired) electrons. The van der Waals surface area contributed by atoms with Gasteiger partial charge in [0.25, 0.3) is 0 Å². The maximum absolute atomic E-state index is 12.1. The lowest BCUT2D eigenvalue weighted by molar-refractivity contribution is -0.129. The summed E-state index contributed by atoms with van der Waals surface area (Å²) in [5.41, 5.74) is 5.49. The van der Waals surface area contributed by atoms with Crippen molar-refractivity contribution in [3.05, 3.63) is 54.0 Å². The average Bonchev–Trinajstić information content (AvgIpc) is 3.17. The lowest BCUT2D eigenvalue weighted by Gasteiger charge is -2.29. The van der Waals surface area contributed by atoms with Crippen LogP contribution < -0.4 is 0 Å². The lowest BCUT2D eigenvalue weighted by Crippen LogP contribution is -2.35. The SMILES string of the molecule is C=Cc1cc(-c2nn(C3CCOCC3)c3c2CN(C(C)=O)CC3)c2cnccc2c1. The summed E-state index contributed by atoms with van der Waals surface area (Å²) in [5, 5.41) is 7.35. The number of carbonyl (C=O) groups excluding carboxylic acids is 1. The largest absolute Gasteiger partial charge is 0.381 e. The summed E-state index contributed by atoms with van der Waals surface area (Å²) in [5.74, 6) is 0.108. The second kappa shape index (κ2) is 7.69. The van der Waals surface area contributed by atoms with Gasteiger partial charge in [-0.25, -0.2) is 0 Å². The highest BCUT2D eigenvalue weighted by Crippen LogP contribution is 2.37. The molecular weight excluding hydrogens is 376 g/mol. The number of aromatic nitrogens is 3. The molecule has 6 heteroatoms. The van der Waals surface area contributed by atoms with E-state index in [1.807, 2.05) is 29.4 Å². The van der Waals surface area contributed by atoms with Crippen LogP contribution in [0.15, 0.2) is 37.2 Å². The number of rotatable bonds is 3. The van der Waals surface area contributed by atoms with E-state index in [2.05, 4.69) is 28.4 Å². The Kier molecular flexibility index (Phi) is 4.87. The van der Waals surface area contributed by atoms with E-state index in [1.165, 1.54) is 5.69 Å². The predicted molar refractivity (Wildman–Crippen MR) is 117 cm³/mol. The van der Waals surface area contributed by atoms with Crippen molar-refractivity contribution in [1.29, 1.82) is 0 Å². The summed E-state index contributed by atoms with van der Waals surface area (Å²) in [6.45, 7) is 8.49. The normalized spacial score (nSPS) is 17.2. The first-order chi connectivity index (χ1) is 14.7. The van der Waals surface area contributed by atoms with Gasteiger partial charge < -0.3 is 9.64 Å². The van der Waals surface area contributed by atoms with Gasteiger partial charge in [-0.15, -0.1) is 0 Å². The molecule has 0 atom stereocenters. The van der Waals surface area contributed by atoms with Crippen LogP contribution in [0, 0.1) is 0 Å². The first-order valence-electron chi connectivity index (χ1n) is 10.6. The van der Waals surface area contributed by atoms with E-state index >= 15 is 0 Å². The third kappa shape index (κ3) is 3.21. The van der Waals surface area contributed by atoms with Crippen molar-refractivity contribution in [3.63, 3.8) is 0 Å². The first-order valence-corrected chi connectivity index (χ1v) is 10.6. The van der Waals surface area contributed by atoms with E-state index in [-0.39, 0.29) is 5.91 Å². The van der Waals surface area contributed by atoms with Gasteiger partial charge in [-0.2, -0.15) is 5.10 Å². The van der Waals surface area contributed by atoms with Crippen molar-refractivity contribution in [3.8, 4) is 11.3 Å². The van der Waals surface area contributed by atoms with Crippen molar-refractivity contribution >= 4 is 22.8 Å². The van der Waals surface area contributed by atoms with Gasteiger partial charge in [0.05, 0.1) is 11.7 Å². The monoisotopic (exact) mass is 402 g/mol. The second-order valence-electron chi connectivity index (χ2n) is 8.12. The molecule has 154 valence electrons. The Morgan fingerprint density at radius 2 is 2.13 bits per heavy atom. The molecule has 0 saturated carbocycles. The molecule has 5 rings (SSSR count). The van der Waals surface area contributed by atoms with E-state index in [0.717, 1.165) is 72.2 Å². The van der Waals surface area contributed by atoms with E-state index in [1.54, 1.807) is 6.92 Å². The van der Waals surface area contributed by atoms with Crippen molar-refractivity contribution in [2.45, 2.75) is 38.8 Å². The molecule has 0 N–H and O–H groups in total. The lowest BCUT2D eigenvalue weighted by atomic mass is 9.95. The van der Waals surface area contributed by atoms with E-state index < -0.39 is 0 Å². The number of hydrogen-bond donors (Lipinski definition) is 0. The summed E-state index contributed by atoms with van der Waals surface area (Å²) < 4.78 is 7.81. The van der Waals surface area contributed by atoms with E-state index in [4.69, 9.17) is 9.84 Å². The van der Waals surface area contributed by atoms with Crippen LogP contribution in [-0.4, -0.2) is 45.3 Å². The summed E-state index contributed by atoms with van der Waals surface area (Å²) in [4.78, 5) is 18.4. The van der Waals surface area contributed by atoms with Gasteiger partial charge in [0, 0.05) is 74.2 Å². The van der Waals surface area contributed by atoms with Crippen LogP contribution in [0.25, 0.3) is 28.1 Å². The maximum Gasteiger partial charge on any atom is 0.219 e. The molecule has 0 bridgehead atoms. The van der Waals surface area contributed by atoms with Gasteiger partial charge in [0.2, 0.25) is 5.91 Å². The zero-order valence-electron chi connectivity index (χ0n) is 17.3. The van der Waals surface area contributed by atoms with Crippen molar-refractivity contribution in [2.24, 2.45) is 0 Å². The van der Waals surface area contributed by atoms with Gasteiger partial charge in [-0.05, 0) is 42.0 Å². The standard InChI is InChI=1S/C24H26N4O2/c1-3-17-12-18-4-8-25-14-21(18)20(13-17)24-22-15-27(16(2)29)9-5-23(22)28(26-24)19-6-10-30-11-7-19/h3-4,8,12-14,19H,1,5-7,9-11,15H2,2H3. The number of carbonyl (C=O) groups is 1. The third-order valence-corrected chi connectivity index (χ3v) is 6.34. The van der Waals surface area contributed by atoms with Crippen LogP contribution in [0.5, 0.6) is 0 Å². The first kappa shape index (κ1) is 19.0. The molecule has 1 amide bonds. The average molecular weight is 402 g/mol. The maximum atomic E-state index is 12.1.